The van der Waals surface area contributed by atoms with Gasteiger partial charge >= 0.3 is 6.18 Å². The van der Waals surface area contributed by atoms with Gasteiger partial charge in [0.2, 0.25) is 0 Å². The average Bonchev–Trinajstić information content (AvgIpc) is 3.07. The van der Waals surface area contributed by atoms with Crippen LogP contribution in [0.2, 0.25) is 0 Å². The van der Waals surface area contributed by atoms with Gasteiger partial charge in [-0.05, 0) is 30.7 Å². The Bertz CT molecular complexity index is 1030. The van der Waals surface area contributed by atoms with Crippen molar-refractivity contribution in [2.75, 3.05) is 4.72 Å². The lowest BCUT2D eigenvalue weighted by molar-refractivity contribution is -0.141. The SMILES string of the molecule is Cc1nc(C(F)(F)F)ccc1NS(=O)(=O)c1c[nH]c(-c2ccccc2)c1. The number of hydrogen-bond donors (Lipinski definition) is 2. The molecule has 0 atom stereocenters. The molecular weight excluding hydrogens is 367 g/mol. The summed E-state index contributed by atoms with van der Waals surface area (Å²) < 4.78 is 65.3. The van der Waals surface area contributed by atoms with Gasteiger partial charge in [0.25, 0.3) is 10.0 Å². The van der Waals surface area contributed by atoms with E-state index in [-0.39, 0.29) is 16.3 Å². The van der Waals surface area contributed by atoms with E-state index < -0.39 is 21.9 Å². The van der Waals surface area contributed by atoms with E-state index in [0.717, 1.165) is 17.7 Å². The minimum Gasteiger partial charge on any atom is -0.360 e. The van der Waals surface area contributed by atoms with E-state index >= 15 is 0 Å². The molecule has 0 spiro atoms. The Morgan fingerprint density at radius 2 is 1.77 bits per heavy atom. The highest BCUT2D eigenvalue weighted by atomic mass is 32.2. The topological polar surface area (TPSA) is 74.8 Å². The molecule has 0 unspecified atom stereocenters. The van der Waals surface area contributed by atoms with Crippen LogP contribution in [0.4, 0.5) is 18.9 Å². The summed E-state index contributed by atoms with van der Waals surface area (Å²) in [5.74, 6) is 0. The van der Waals surface area contributed by atoms with E-state index in [9.17, 15) is 21.6 Å². The molecule has 3 rings (SSSR count). The summed E-state index contributed by atoms with van der Waals surface area (Å²) in [6, 6.07) is 12.3. The molecule has 9 heteroatoms. The van der Waals surface area contributed by atoms with Crippen molar-refractivity contribution >= 4 is 15.7 Å². The van der Waals surface area contributed by atoms with Crippen molar-refractivity contribution in [2.24, 2.45) is 0 Å². The van der Waals surface area contributed by atoms with Gasteiger partial charge in [0, 0.05) is 11.9 Å². The molecule has 0 radical (unpaired) electrons. The van der Waals surface area contributed by atoms with Crippen molar-refractivity contribution < 1.29 is 21.6 Å². The monoisotopic (exact) mass is 381 g/mol. The molecule has 0 saturated heterocycles. The third kappa shape index (κ3) is 3.72. The smallest absolute Gasteiger partial charge is 0.360 e. The van der Waals surface area contributed by atoms with Crippen molar-refractivity contribution in [1.82, 2.24) is 9.97 Å². The number of nitrogens with zero attached hydrogens (tertiary/aromatic N) is 1. The van der Waals surface area contributed by atoms with Gasteiger partial charge in [-0.1, -0.05) is 30.3 Å². The van der Waals surface area contributed by atoms with E-state index in [1.807, 2.05) is 30.3 Å². The molecule has 2 heterocycles. The molecule has 0 aliphatic rings. The van der Waals surface area contributed by atoms with Crippen LogP contribution in [0.5, 0.6) is 0 Å². The Kier molecular flexibility index (Phi) is 4.49. The number of H-pyrrole nitrogens is 1. The summed E-state index contributed by atoms with van der Waals surface area (Å²) in [4.78, 5) is 6.26. The fourth-order valence-electron chi connectivity index (χ4n) is 2.34. The second-order valence-corrected chi connectivity index (χ2v) is 7.23. The molecule has 0 fully saturated rings. The maximum Gasteiger partial charge on any atom is 0.433 e. The normalized spacial score (nSPS) is 12.2. The van der Waals surface area contributed by atoms with E-state index in [4.69, 9.17) is 0 Å². The number of pyridine rings is 1. The summed E-state index contributed by atoms with van der Waals surface area (Å²) in [5, 5.41) is 0. The van der Waals surface area contributed by atoms with E-state index in [1.165, 1.54) is 19.2 Å². The Morgan fingerprint density at radius 1 is 1.08 bits per heavy atom. The largest absolute Gasteiger partial charge is 0.433 e. The van der Waals surface area contributed by atoms with Crippen molar-refractivity contribution in [3.8, 4) is 11.3 Å². The van der Waals surface area contributed by atoms with Gasteiger partial charge < -0.3 is 4.98 Å². The van der Waals surface area contributed by atoms with Crippen LogP contribution in [-0.2, 0) is 16.2 Å². The molecule has 5 nitrogen and oxygen atoms in total. The number of benzene rings is 1. The maximum absolute atomic E-state index is 12.7. The van der Waals surface area contributed by atoms with Crippen LogP contribution < -0.4 is 4.72 Å². The zero-order valence-electron chi connectivity index (χ0n) is 13.5. The lowest BCUT2D eigenvalue weighted by Gasteiger charge is -2.11. The Hall–Kier alpha value is -2.81. The van der Waals surface area contributed by atoms with Crippen LogP contribution in [-0.4, -0.2) is 18.4 Å². The highest BCUT2D eigenvalue weighted by Gasteiger charge is 2.33. The minimum absolute atomic E-state index is 0.0135. The Morgan fingerprint density at radius 3 is 2.38 bits per heavy atom. The van der Waals surface area contributed by atoms with E-state index in [1.54, 1.807) is 0 Å². The van der Waals surface area contributed by atoms with Gasteiger partial charge in [0.1, 0.15) is 10.6 Å². The minimum atomic E-state index is -4.59. The first kappa shape index (κ1) is 18.0. The van der Waals surface area contributed by atoms with E-state index in [0.29, 0.717) is 5.69 Å². The molecule has 0 saturated carbocycles. The van der Waals surface area contributed by atoms with Crippen LogP contribution in [0, 0.1) is 6.92 Å². The first-order valence-corrected chi connectivity index (χ1v) is 8.96. The third-order valence-corrected chi connectivity index (χ3v) is 5.02. The second kappa shape index (κ2) is 6.49. The van der Waals surface area contributed by atoms with Crippen molar-refractivity contribution in [3.05, 3.63) is 66.1 Å². The number of alkyl halides is 3. The maximum atomic E-state index is 12.7. The van der Waals surface area contributed by atoms with Crippen molar-refractivity contribution in [2.45, 2.75) is 18.0 Å². The molecule has 0 amide bonds. The number of aromatic nitrogens is 2. The molecule has 2 N–H and O–H groups in total. The van der Waals surface area contributed by atoms with Crippen LogP contribution in [0.1, 0.15) is 11.4 Å². The third-order valence-electron chi connectivity index (χ3n) is 3.67. The number of rotatable bonds is 4. The number of aromatic amines is 1. The molecule has 2 aromatic heterocycles. The number of halogens is 3. The summed E-state index contributed by atoms with van der Waals surface area (Å²) in [6.45, 7) is 1.31. The number of hydrogen-bond acceptors (Lipinski definition) is 3. The van der Waals surface area contributed by atoms with Crippen LogP contribution in [0.15, 0.2) is 59.6 Å². The Balaban J connectivity index is 1.87. The molecule has 3 aromatic rings. The summed E-state index contributed by atoms with van der Waals surface area (Å²) in [7, 11) is -3.97. The molecule has 0 aliphatic heterocycles. The molecule has 0 bridgehead atoms. The van der Waals surface area contributed by atoms with Gasteiger partial charge in [0.05, 0.1) is 11.4 Å². The summed E-state index contributed by atoms with van der Waals surface area (Å²) in [6.07, 6.45) is -3.27. The predicted molar refractivity (Wildman–Crippen MR) is 91.0 cm³/mol. The predicted octanol–water partition coefficient (Wildman–Crippen LogP) is 4.20. The molecule has 26 heavy (non-hydrogen) atoms. The first-order valence-electron chi connectivity index (χ1n) is 7.48. The molecule has 0 aliphatic carbocycles. The zero-order valence-corrected chi connectivity index (χ0v) is 14.3. The zero-order chi connectivity index (χ0) is 18.9. The van der Waals surface area contributed by atoms with Gasteiger partial charge in [-0.15, -0.1) is 0 Å². The first-order chi connectivity index (χ1) is 12.2. The van der Waals surface area contributed by atoms with Crippen molar-refractivity contribution in [1.29, 1.82) is 0 Å². The molecule has 1 aromatic carbocycles. The van der Waals surface area contributed by atoms with Crippen LogP contribution in [0.3, 0.4) is 0 Å². The highest BCUT2D eigenvalue weighted by Crippen LogP contribution is 2.30. The Labute approximate surface area is 148 Å². The average molecular weight is 381 g/mol. The lowest BCUT2D eigenvalue weighted by Crippen LogP contribution is -2.15. The number of nitrogens with one attached hydrogen (secondary N) is 2. The van der Waals surface area contributed by atoms with E-state index in [2.05, 4.69) is 14.7 Å². The molecular formula is C17H14F3N3O2S. The number of anilines is 1. The standard InChI is InChI=1S/C17H14F3N3O2S/c1-11-14(7-8-16(22-11)17(18,19)20)23-26(24,25)13-9-15(21-10-13)12-5-3-2-4-6-12/h2-10,21,23H,1H3. The highest BCUT2D eigenvalue weighted by molar-refractivity contribution is 7.92. The van der Waals surface area contributed by atoms with Gasteiger partial charge in [-0.25, -0.2) is 13.4 Å². The lowest BCUT2D eigenvalue weighted by atomic mass is 10.2. The summed E-state index contributed by atoms with van der Waals surface area (Å²) >= 11 is 0. The fourth-order valence-corrected chi connectivity index (χ4v) is 3.45. The van der Waals surface area contributed by atoms with Gasteiger partial charge in [0.15, 0.2) is 0 Å². The quantitative estimate of drug-likeness (QED) is 0.711. The number of sulfonamides is 1. The molecule has 136 valence electrons. The fraction of sp³-hybridized carbons (Fsp3) is 0.118. The number of aryl methyl sites for hydroxylation is 1. The van der Waals surface area contributed by atoms with Crippen LogP contribution >= 0.6 is 0 Å². The second-order valence-electron chi connectivity index (χ2n) is 5.55. The summed E-state index contributed by atoms with van der Waals surface area (Å²) in [5.41, 5.74) is 0.253. The van der Waals surface area contributed by atoms with Gasteiger partial charge in [-0.2, -0.15) is 13.2 Å². The van der Waals surface area contributed by atoms with Gasteiger partial charge in [-0.3, -0.25) is 4.72 Å². The van der Waals surface area contributed by atoms with Crippen molar-refractivity contribution in [3.63, 3.8) is 0 Å². The van der Waals surface area contributed by atoms with Crippen LogP contribution in [0.25, 0.3) is 11.3 Å².